The second kappa shape index (κ2) is 3.01. The zero-order valence-electron chi connectivity index (χ0n) is 7.16. The average molecular weight is 183 g/mol. The van der Waals surface area contributed by atoms with Gasteiger partial charge in [0, 0.05) is 18.0 Å². The SMILES string of the molecule is Cc1cn(C2CCSC2)c(N)n1. The number of aromatic nitrogens is 2. The maximum absolute atomic E-state index is 5.76. The van der Waals surface area contributed by atoms with Gasteiger partial charge >= 0.3 is 0 Å². The number of hydrogen-bond donors (Lipinski definition) is 1. The van der Waals surface area contributed by atoms with E-state index < -0.39 is 0 Å². The Morgan fingerprint density at radius 2 is 2.58 bits per heavy atom. The average Bonchev–Trinajstić information content (AvgIpc) is 2.58. The topological polar surface area (TPSA) is 43.8 Å². The van der Waals surface area contributed by atoms with E-state index in [0.29, 0.717) is 12.0 Å². The summed E-state index contributed by atoms with van der Waals surface area (Å²) in [6, 6.07) is 0.580. The molecule has 0 spiro atoms. The molecule has 1 atom stereocenters. The van der Waals surface area contributed by atoms with Crippen LogP contribution in [0.2, 0.25) is 0 Å². The van der Waals surface area contributed by atoms with Crippen LogP contribution in [0.15, 0.2) is 6.20 Å². The predicted octanol–water partition coefficient (Wildman–Crippen LogP) is 1.45. The van der Waals surface area contributed by atoms with Crippen LogP contribution < -0.4 is 5.73 Å². The molecule has 66 valence electrons. The Bertz CT molecular complexity index is 276. The van der Waals surface area contributed by atoms with Crippen molar-refractivity contribution in [1.82, 2.24) is 9.55 Å². The lowest BCUT2D eigenvalue weighted by atomic mass is 10.2. The number of nitrogen functional groups attached to an aromatic ring is 1. The first-order valence-electron chi connectivity index (χ1n) is 4.16. The monoisotopic (exact) mass is 183 g/mol. The zero-order valence-corrected chi connectivity index (χ0v) is 7.97. The molecule has 1 aliphatic rings. The van der Waals surface area contributed by atoms with Crippen molar-refractivity contribution in [2.45, 2.75) is 19.4 Å². The maximum Gasteiger partial charge on any atom is 0.200 e. The minimum Gasteiger partial charge on any atom is -0.369 e. The molecule has 0 aliphatic carbocycles. The largest absolute Gasteiger partial charge is 0.369 e. The van der Waals surface area contributed by atoms with Gasteiger partial charge in [0.25, 0.3) is 0 Å². The number of thioether (sulfide) groups is 1. The molecule has 0 radical (unpaired) electrons. The summed E-state index contributed by atoms with van der Waals surface area (Å²) in [6.45, 7) is 1.98. The normalized spacial score (nSPS) is 23.2. The molecule has 0 aromatic carbocycles. The molecule has 0 amide bonds. The van der Waals surface area contributed by atoms with E-state index in [1.54, 1.807) is 0 Å². The molecule has 1 aliphatic heterocycles. The van der Waals surface area contributed by atoms with Crippen molar-refractivity contribution in [3.8, 4) is 0 Å². The van der Waals surface area contributed by atoms with Gasteiger partial charge < -0.3 is 10.3 Å². The highest BCUT2D eigenvalue weighted by Gasteiger charge is 2.19. The van der Waals surface area contributed by atoms with Crippen LogP contribution in [0.25, 0.3) is 0 Å². The van der Waals surface area contributed by atoms with Crippen molar-refractivity contribution in [3.63, 3.8) is 0 Å². The number of imidazole rings is 1. The van der Waals surface area contributed by atoms with Gasteiger partial charge in [0.05, 0.1) is 5.69 Å². The second-order valence-electron chi connectivity index (χ2n) is 3.17. The summed E-state index contributed by atoms with van der Waals surface area (Å²) in [5, 5.41) is 0. The summed E-state index contributed by atoms with van der Waals surface area (Å²) in [7, 11) is 0. The summed E-state index contributed by atoms with van der Waals surface area (Å²) in [4.78, 5) is 4.19. The molecule has 4 heteroatoms. The third-order valence-electron chi connectivity index (χ3n) is 2.18. The predicted molar refractivity (Wildman–Crippen MR) is 52.4 cm³/mol. The molecule has 0 saturated carbocycles. The first-order valence-corrected chi connectivity index (χ1v) is 5.31. The minimum atomic E-state index is 0.580. The zero-order chi connectivity index (χ0) is 8.55. The number of rotatable bonds is 1. The highest BCUT2D eigenvalue weighted by atomic mass is 32.2. The quantitative estimate of drug-likeness (QED) is 0.716. The van der Waals surface area contributed by atoms with Crippen molar-refractivity contribution in [2.75, 3.05) is 17.2 Å². The van der Waals surface area contributed by atoms with Gasteiger partial charge in [-0.15, -0.1) is 0 Å². The lowest BCUT2D eigenvalue weighted by Gasteiger charge is -2.10. The number of aryl methyl sites for hydroxylation is 1. The van der Waals surface area contributed by atoms with E-state index >= 15 is 0 Å². The molecule has 1 aromatic heterocycles. The Hall–Kier alpha value is -0.640. The molecular weight excluding hydrogens is 170 g/mol. The molecule has 1 unspecified atom stereocenters. The Balaban J connectivity index is 2.25. The fourth-order valence-electron chi connectivity index (χ4n) is 1.57. The molecule has 12 heavy (non-hydrogen) atoms. The summed E-state index contributed by atoms with van der Waals surface area (Å²) < 4.78 is 2.11. The van der Waals surface area contributed by atoms with Gasteiger partial charge in [-0.1, -0.05) is 0 Å². The van der Waals surface area contributed by atoms with E-state index in [1.807, 2.05) is 24.9 Å². The van der Waals surface area contributed by atoms with Gasteiger partial charge in [-0.25, -0.2) is 4.98 Å². The highest BCUT2D eigenvalue weighted by molar-refractivity contribution is 7.99. The molecule has 3 nitrogen and oxygen atoms in total. The van der Waals surface area contributed by atoms with E-state index in [1.165, 1.54) is 17.9 Å². The Kier molecular flexibility index (Phi) is 2.00. The van der Waals surface area contributed by atoms with Crippen LogP contribution in [0.5, 0.6) is 0 Å². The Morgan fingerprint density at radius 1 is 1.75 bits per heavy atom. The molecule has 2 rings (SSSR count). The number of anilines is 1. The third kappa shape index (κ3) is 1.31. The van der Waals surface area contributed by atoms with Gasteiger partial charge in [0.15, 0.2) is 0 Å². The van der Waals surface area contributed by atoms with Crippen LogP contribution in [-0.2, 0) is 0 Å². The van der Waals surface area contributed by atoms with Gasteiger partial charge in [0.2, 0.25) is 5.95 Å². The third-order valence-corrected chi connectivity index (χ3v) is 3.33. The molecule has 1 aromatic rings. The van der Waals surface area contributed by atoms with Crippen molar-refractivity contribution < 1.29 is 0 Å². The lowest BCUT2D eigenvalue weighted by Crippen LogP contribution is -2.09. The maximum atomic E-state index is 5.76. The van der Waals surface area contributed by atoms with Crippen LogP contribution in [0.3, 0.4) is 0 Å². The molecule has 1 saturated heterocycles. The van der Waals surface area contributed by atoms with Crippen LogP contribution in [0.4, 0.5) is 5.95 Å². The summed E-state index contributed by atoms with van der Waals surface area (Å²) >= 11 is 1.99. The molecule has 0 bridgehead atoms. The molecule has 2 N–H and O–H groups in total. The number of hydrogen-bond acceptors (Lipinski definition) is 3. The van der Waals surface area contributed by atoms with E-state index in [0.717, 1.165) is 5.69 Å². The smallest absolute Gasteiger partial charge is 0.200 e. The molecule has 2 heterocycles. The lowest BCUT2D eigenvalue weighted by molar-refractivity contribution is 0.567. The Labute approximate surface area is 76.4 Å². The number of nitrogens with two attached hydrogens (primary N) is 1. The van der Waals surface area contributed by atoms with Crippen LogP contribution in [-0.4, -0.2) is 21.1 Å². The van der Waals surface area contributed by atoms with E-state index in [9.17, 15) is 0 Å². The van der Waals surface area contributed by atoms with E-state index in [4.69, 9.17) is 5.73 Å². The van der Waals surface area contributed by atoms with Gasteiger partial charge in [-0.3, -0.25) is 0 Å². The van der Waals surface area contributed by atoms with Crippen molar-refractivity contribution >= 4 is 17.7 Å². The van der Waals surface area contributed by atoms with Crippen molar-refractivity contribution in [2.24, 2.45) is 0 Å². The Morgan fingerprint density at radius 3 is 3.08 bits per heavy atom. The summed E-state index contributed by atoms with van der Waals surface area (Å²) in [6.07, 6.45) is 3.27. The second-order valence-corrected chi connectivity index (χ2v) is 4.31. The number of nitrogens with zero attached hydrogens (tertiary/aromatic N) is 2. The first-order chi connectivity index (χ1) is 5.77. The van der Waals surface area contributed by atoms with Crippen molar-refractivity contribution in [1.29, 1.82) is 0 Å². The minimum absolute atomic E-state index is 0.580. The molecular formula is C8H13N3S. The van der Waals surface area contributed by atoms with Gasteiger partial charge in [-0.2, -0.15) is 11.8 Å². The van der Waals surface area contributed by atoms with E-state index in [-0.39, 0.29) is 0 Å². The fourth-order valence-corrected chi connectivity index (χ4v) is 2.77. The van der Waals surface area contributed by atoms with Gasteiger partial charge in [-0.05, 0) is 19.1 Å². The van der Waals surface area contributed by atoms with E-state index in [2.05, 4.69) is 9.55 Å². The standard InChI is InChI=1S/C8H13N3S/c1-6-4-11(8(9)10-6)7-2-3-12-5-7/h4,7H,2-3,5H2,1H3,(H2,9,10). The fraction of sp³-hybridized carbons (Fsp3) is 0.625. The van der Waals surface area contributed by atoms with Crippen LogP contribution in [0.1, 0.15) is 18.2 Å². The van der Waals surface area contributed by atoms with Crippen molar-refractivity contribution in [3.05, 3.63) is 11.9 Å². The highest BCUT2D eigenvalue weighted by Crippen LogP contribution is 2.29. The molecule has 1 fully saturated rings. The summed E-state index contributed by atoms with van der Waals surface area (Å²) in [5.41, 5.74) is 6.78. The summed E-state index contributed by atoms with van der Waals surface area (Å²) in [5.74, 6) is 3.10. The first kappa shape index (κ1) is 7.98. The van der Waals surface area contributed by atoms with Crippen LogP contribution in [0, 0.1) is 6.92 Å². The van der Waals surface area contributed by atoms with Gasteiger partial charge in [0.1, 0.15) is 0 Å². The van der Waals surface area contributed by atoms with Crippen LogP contribution >= 0.6 is 11.8 Å².